The molecule has 308 valence electrons. The predicted octanol–water partition coefficient (Wildman–Crippen LogP) is 6.90. The number of phenolic OH excluding ortho intramolecular Hbond substituents is 1. The normalized spacial score (nSPS) is 16.5. The summed E-state index contributed by atoms with van der Waals surface area (Å²) >= 11 is 0. The van der Waals surface area contributed by atoms with Gasteiger partial charge in [-0.2, -0.15) is 0 Å². The summed E-state index contributed by atoms with van der Waals surface area (Å²) in [6, 6.07) is 20.6. The molecule has 57 heavy (non-hydrogen) atoms. The lowest BCUT2D eigenvalue weighted by molar-refractivity contribution is -0.385. The van der Waals surface area contributed by atoms with Crippen LogP contribution >= 0.6 is 0 Å². The molecule has 0 radical (unpaired) electrons. The number of phenols is 1. The first-order valence-electron chi connectivity index (χ1n) is 19.4. The average Bonchev–Trinajstić information content (AvgIpc) is 3.41. The molecule has 2 N–H and O–H groups in total. The molecule has 2 aliphatic heterocycles. The molecule has 15 heteroatoms. The molecule has 2 saturated heterocycles. The van der Waals surface area contributed by atoms with Gasteiger partial charge < -0.3 is 34.3 Å². The Balaban J connectivity index is 0.000000225. The average molecular weight is 788 g/mol. The van der Waals surface area contributed by atoms with Crippen molar-refractivity contribution in [1.29, 1.82) is 0 Å². The second-order valence-corrected chi connectivity index (χ2v) is 16.9. The third-order valence-corrected chi connectivity index (χ3v) is 10.3. The number of benzene rings is 3. The Morgan fingerprint density at radius 2 is 1.47 bits per heavy atom. The number of aromatic nitrogens is 1. The molecule has 3 heterocycles. The Morgan fingerprint density at radius 3 is 2.05 bits per heavy atom. The molecule has 0 bridgehead atoms. The van der Waals surface area contributed by atoms with Crippen LogP contribution in [0, 0.1) is 10.1 Å². The van der Waals surface area contributed by atoms with Crippen LogP contribution in [0.2, 0.25) is 0 Å². The van der Waals surface area contributed by atoms with Crippen LogP contribution in [0.3, 0.4) is 0 Å². The van der Waals surface area contributed by atoms with Crippen molar-refractivity contribution in [1.82, 2.24) is 19.7 Å². The summed E-state index contributed by atoms with van der Waals surface area (Å²) in [6.45, 7) is 17.8. The van der Waals surface area contributed by atoms with E-state index in [1.165, 1.54) is 22.3 Å². The number of hydrogen-bond donors (Lipinski definition) is 2. The van der Waals surface area contributed by atoms with Crippen molar-refractivity contribution in [2.45, 2.75) is 84.4 Å². The van der Waals surface area contributed by atoms with E-state index in [0.29, 0.717) is 50.5 Å². The summed E-state index contributed by atoms with van der Waals surface area (Å²) in [5.41, 5.74) is 2.69. The fraction of sp³-hybridized carbons (Fsp3) is 0.500. The maximum Gasteiger partial charge on any atom is 0.419 e. The highest BCUT2D eigenvalue weighted by Gasteiger charge is 2.40. The summed E-state index contributed by atoms with van der Waals surface area (Å²) < 4.78 is 12.3. The number of fused-ring (bicyclic) bond motifs is 1. The molecule has 1 aromatic heterocycles. The number of unbranched alkanes of at least 4 members (excludes halogenated alkanes) is 1. The predicted molar refractivity (Wildman–Crippen MR) is 221 cm³/mol. The van der Waals surface area contributed by atoms with Crippen molar-refractivity contribution in [3.05, 3.63) is 93.0 Å². The molecule has 0 spiro atoms. The maximum absolute atomic E-state index is 12.8. The van der Waals surface area contributed by atoms with Crippen molar-refractivity contribution in [2.24, 2.45) is 7.05 Å². The summed E-state index contributed by atoms with van der Waals surface area (Å²) in [5.74, 6) is -0.724. The minimum Gasteiger partial charge on any atom is -0.502 e. The van der Waals surface area contributed by atoms with Crippen LogP contribution in [-0.4, -0.2) is 99.0 Å². The largest absolute Gasteiger partial charge is 0.502 e. The molecule has 6 rings (SSSR count). The zero-order valence-corrected chi connectivity index (χ0v) is 34.4. The highest BCUT2D eigenvalue weighted by atomic mass is 16.6. The standard InChI is InChI=1S/C25H32N4O3.C17H25N3O5/c1-25(2)18-28(20-12-13-21-22(17-20)32-24(31)27(21)3)15-16-29(25)23(30)26-14-8-7-11-19-9-5-4-6-10-19;1-16(2,3)25-15(22)19-9-8-18(11-17(19,4)5)12-6-7-13(20(23)24)14(21)10-12/h4-6,9-10,12-13,17H,7-8,11,14-16,18H2,1-3H3,(H,26,30);6-7,10,21H,8-9,11H2,1-5H3. The van der Waals surface area contributed by atoms with E-state index in [-0.39, 0.29) is 34.9 Å². The minimum atomic E-state index is -0.622. The molecular weight excluding hydrogens is 731 g/mol. The monoisotopic (exact) mass is 787 g/mol. The molecule has 2 aliphatic rings. The van der Waals surface area contributed by atoms with Crippen LogP contribution in [0.1, 0.15) is 66.9 Å². The van der Waals surface area contributed by atoms with Gasteiger partial charge in [-0.3, -0.25) is 19.6 Å². The van der Waals surface area contributed by atoms with Gasteiger partial charge in [-0.1, -0.05) is 30.3 Å². The summed E-state index contributed by atoms with van der Waals surface area (Å²) in [4.78, 5) is 55.1. The Morgan fingerprint density at radius 1 is 0.877 bits per heavy atom. The number of hydrogen-bond acceptors (Lipinski definition) is 10. The fourth-order valence-electron chi connectivity index (χ4n) is 7.35. The SMILES string of the molecule is CC(C)(C)OC(=O)N1CCN(c2ccc([N+](=O)[O-])c(O)c2)CC1(C)C.Cn1c(=O)oc2cc(N3CCN(C(=O)NCCCCc4ccccc4)C(C)(C)C3)ccc21. The van der Waals surface area contributed by atoms with Gasteiger partial charge in [0, 0.05) is 82.4 Å². The lowest BCUT2D eigenvalue weighted by Crippen LogP contribution is -2.63. The van der Waals surface area contributed by atoms with Gasteiger partial charge in [-0.25, -0.2) is 14.4 Å². The van der Waals surface area contributed by atoms with Gasteiger partial charge >= 0.3 is 23.6 Å². The van der Waals surface area contributed by atoms with E-state index in [0.717, 1.165) is 37.0 Å². The van der Waals surface area contributed by atoms with E-state index in [1.54, 1.807) is 18.0 Å². The molecule has 0 atom stereocenters. The van der Waals surface area contributed by atoms with Gasteiger partial charge in [0.15, 0.2) is 11.3 Å². The second kappa shape index (κ2) is 17.2. The zero-order chi connectivity index (χ0) is 41.7. The second-order valence-electron chi connectivity index (χ2n) is 16.9. The summed E-state index contributed by atoms with van der Waals surface area (Å²) in [7, 11) is 1.70. The molecule has 3 aromatic carbocycles. The topological polar surface area (TPSA) is 167 Å². The number of piperazine rings is 2. The number of nitrogens with one attached hydrogen (secondary N) is 1. The van der Waals surface area contributed by atoms with Gasteiger partial charge in [0.25, 0.3) is 0 Å². The van der Waals surface area contributed by atoms with Crippen molar-refractivity contribution >= 4 is 40.3 Å². The number of anilines is 2. The van der Waals surface area contributed by atoms with Gasteiger partial charge in [0.1, 0.15) is 5.60 Å². The van der Waals surface area contributed by atoms with Crippen LogP contribution in [0.5, 0.6) is 5.75 Å². The number of carbonyl (C=O) groups excluding carboxylic acids is 2. The first-order valence-corrected chi connectivity index (χ1v) is 19.4. The molecular formula is C42H57N7O8. The van der Waals surface area contributed by atoms with E-state index in [1.807, 2.05) is 68.7 Å². The van der Waals surface area contributed by atoms with Crippen LogP contribution in [0.15, 0.2) is 75.9 Å². The van der Waals surface area contributed by atoms with Crippen molar-refractivity contribution < 1.29 is 28.8 Å². The Bertz CT molecular complexity index is 2100. The first kappa shape index (κ1) is 42.4. The van der Waals surface area contributed by atoms with Gasteiger partial charge in [-0.05, 0) is 91.5 Å². The maximum atomic E-state index is 12.8. The molecule has 0 saturated carbocycles. The summed E-state index contributed by atoms with van der Waals surface area (Å²) in [5, 5.41) is 23.8. The third kappa shape index (κ3) is 10.6. The molecule has 0 unspecified atom stereocenters. The van der Waals surface area contributed by atoms with Crippen LogP contribution in [0.4, 0.5) is 26.7 Å². The zero-order valence-electron chi connectivity index (χ0n) is 34.4. The smallest absolute Gasteiger partial charge is 0.419 e. The van der Waals surface area contributed by atoms with Crippen molar-refractivity contribution in [3.8, 4) is 5.75 Å². The molecule has 2 fully saturated rings. The highest BCUT2D eigenvalue weighted by molar-refractivity contribution is 5.79. The van der Waals surface area contributed by atoms with Gasteiger partial charge in [0.05, 0.1) is 21.5 Å². The van der Waals surface area contributed by atoms with Crippen LogP contribution < -0.4 is 20.9 Å². The highest BCUT2D eigenvalue weighted by Crippen LogP contribution is 2.34. The van der Waals surface area contributed by atoms with Gasteiger partial charge in [0.2, 0.25) is 0 Å². The number of nitro groups is 1. The number of amides is 3. The number of aryl methyl sites for hydroxylation is 2. The summed E-state index contributed by atoms with van der Waals surface area (Å²) in [6.07, 6.45) is 2.69. The third-order valence-electron chi connectivity index (χ3n) is 10.3. The lowest BCUT2D eigenvalue weighted by Gasteiger charge is -2.47. The van der Waals surface area contributed by atoms with Gasteiger partial charge in [-0.15, -0.1) is 0 Å². The van der Waals surface area contributed by atoms with Crippen LogP contribution in [0.25, 0.3) is 11.1 Å². The molecule has 15 nitrogen and oxygen atoms in total. The number of carbonyl (C=O) groups is 2. The van der Waals surface area contributed by atoms with Crippen molar-refractivity contribution in [3.63, 3.8) is 0 Å². The van der Waals surface area contributed by atoms with E-state index in [4.69, 9.17) is 9.15 Å². The Labute approximate surface area is 333 Å². The molecule has 3 amide bonds. The minimum absolute atomic E-state index is 0.00105. The van der Waals surface area contributed by atoms with E-state index < -0.39 is 16.1 Å². The van der Waals surface area contributed by atoms with E-state index in [2.05, 4.69) is 48.3 Å². The quantitative estimate of drug-likeness (QED) is 0.109. The number of oxazole rings is 1. The number of ether oxygens (including phenoxy) is 1. The first-order chi connectivity index (χ1) is 26.8. The van der Waals surface area contributed by atoms with E-state index >= 15 is 0 Å². The number of urea groups is 1. The fourth-order valence-corrected chi connectivity index (χ4v) is 7.35. The van der Waals surface area contributed by atoms with Crippen LogP contribution in [-0.2, 0) is 18.2 Å². The number of nitro benzene ring substituents is 1. The van der Waals surface area contributed by atoms with E-state index in [9.17, 15) is 29.6 Å². The Hall–Kier alpha value is -5.73. The van der Waals surface area contributed by atoms with Crippen molar-refractivity contribution in [2.75, 3.05) is 55.6 Å². The lowest BCUT2D eigenvalue weighted by atomic mass is 9.98. The molecule has 4 aromatic rings. The number of rotatable bonds is 8. The Kier molecular flexibility index (Phi) is 12.8. The molecule has 0 aliphatic carbocycles. The number of nitrogens with zero attached hydrogens (tertiary/aromatic N) is 6. The number of aromatic hydroxyl groups is 1.